The van der Waals surface area contributed by atoms with E-state index in [1.54, 1.807) is 0 Å². The maximum absolute atomic E-state index is 10.4. The fourth-order valence-electron chi connectivity index (χ4n) is 3.60. The number of nitrogens with two attached hydrogens (primary N) is 1. The van der Waals surface area contributed by atoms with E-state index in [0.29, 0.717) is 24.0 Å². The molecule has 10 nitrogen and oxygen atoms in total. The van der Waals surface area contributed by atoms with Crippen molar-refractivity contribution in [3.05, 3.63) is 12.7 Å². The number of rotatable bonds is 4. The van der Waals surface area contributed by atoms with Crippen LogP contribution in [0.5, 0.6) is 0 Å². The van der Waals surface area contributed by atoms with Crippen LogP contribution >= 0.6 is 0 Å². The minimum Gasteiger partial charge on any atom is -0.393 e. The molecule has 2 aliphatic rings. The first-order valence-electron chi connectivity index (χ1n) is 8.79. The molecule has 2 aromatic rings. The minimum atomic E-state index is -1.15. The Morgan fingerprint density at radius 3 is 2.65 bits per heavy atom. The van der Waals surface area contributed by atoms with Gasteiger partial charge in [0.2, 0.25) is 0 Å². The first kappa shape index (κ1) is 17.6. The van der Waals surface area contributed by atoms with Crippen LogP contribution < -0.4 is 5.73 Å². The van der Waals surface area contributed by atoms with Crippen molar-refractivity contribution in [1.82, 2.24) is 19.5 Å². The van der Waals surface area contributed by atoms with Crippen LogP contribution in [0.4, 0.5) is 5.82 Å². The number of ether oxygens (including phenoxy) is 2. The molecule has 2 fully saturated rings. The molecule has 2 aromatic heterocycles. The van der Waals surface area contributed by atoms with E-state index in [4.69, 9.17) is 15.2 Å². The summed E-state index contributed by atoms with van der Waals surface area (Å²) in [5, 5.41) is 30.3. The van der Waals surface area contributed by atoms with Crippen LogP contribution in [0.25, 0.3) is 11.2 Å². The van der Waals surface area contributed by atoms with Gasteiger partial charge in [-0.1, -0.05) is 0 Å². The van der Waals surface area contributed by atoms with Crippen molar-refractivity contribution in [2.24, 2.45) is 0 Å². The molecule has 5 N–H and O–H groups in total. The normalized spacial score (nSPS) is 35.2. The fourth-order valence-corrected chi connectivity index (χ4v) is 3.60. The number of fused-ring (bicyclic) bond motifs is 1. The summed E-state index contributed by atoms with van der Waals surface area (Å²) in [6.45, 7) is 0.166. The number of hydrogen-bond donors (Lipinski definition) is 4. The highest BCUT2D eigenvalue weighted by molar-refractivity contribution is 5.81. The van der Waals surface area contributed by atoms with Crippen LogP contribution in [0, 0.1) is 0 Å². The lowest BCUT2D eigenvalue weighted by Gasteiger charge is -2.27. The van der Waals surface area contributed by atoms with Crippen LogP contribution in [0.1, 0.15) is 31.9 Å². The molecule has 3 heterocycles. The fraction of sp³-hybridized carbons (Fsp3) is 0.688. The predicted molar refractivity (Wildman–Crippen MR) is 89.9 cm³/mol. The van der Waals surface area contributed by atoms with E-state index in [2.05, 4.69) is 15.0 Å². The van der Waals surface area contributed by atoms with Crippen molar-refractivity contribution in [3.8, 4) is 0 Å². The summed E-state index contributed by atoms with van der Waals surface area (Å²) >= 11 is 0. The minimum absolute atomic E-state index is 0.0343. The van der Waals surface area contributed by atoms with Gasteiger partial charge < -0.3 is 30.5 Å². The first-order chi connectivity index (χ1) is 12.5. The molecule has 0 aromatic carbocycles. The molecule has 0 unspecified atom stereocenters. The van der Waals surface area contributed by atoms with Gasteiger partial charge in [0.05, 0.1) is 25.1 Å². The van der Waals surface area contributed by atoms with E-state index in [-0.39, 0.29) is 24.6 Å². The quantitative estimate of drug-likeness (QED) is 0.554. The second-order valence-electron chi connectivity index (χ2n) is 6.89. The topological polar surface area (TPSA) is 149 Å². The first-order valence-corrected chi connectivity index (χ1v) is 8.79. The average molecular weight is 365 g/mol. The zero-order valence-corrected chi connectivity index (χ0v) is 14.2. The third-order valence-electron chi connectivity index (χ3n) is 5.14. The molecule has 1 aliphatic heterocycles. The lowest BCUT2D eigenvalue weighted by molar-refractivity contribution is -0.0909. The SMILES string of the molecule is Nc1ncnc2c1ncn2[C@@H]1O[C@H](CO[C@H]2CC[C@@H](O)CC2)[C@@H](O)[C@H]1O. The molecule has 1 aliphatic carbocycles. The number of aromatic nitrogens is 4. The number of nitrogens with zero attached hydrogens (tertiary/aromatic N) is 4. The Morgan fingerprint density at radius 2 is 1.88 bits per heavy atom. The Bertz CT molecular complexity index is 763. The van der Waals surface area contributed by atoms with Crippen molar-refractivity contribution in [3.63, 3.8) is 0 Å². The van der Waals surface area contributed by atoms with Gasteiger partial charge in [-0.3, -0.25) is 4.57 Å². The third-order valence-corrected chi connectivity index (χ3v) is 5.14. The van der Waals surface area contributed by atoms with Gasteiger partial charge in [0.25, 0.3) is 0 Å². The molecule has 0 radical (unpaired) electrons. The van der Waals surface area contributed by atoms with Gasteiger partial charge >= 0.3 is 0 Å². The predicted octanol–water partition coefficient (Wildman–Crippen LogP) is -0.652. The highest BCUT2D eigenvalue weighted by Crippen LogP contribution is 2.32. The number of aliphatic hydroxyl groups is 3. The zero-order chi connectivity index (χ0) is 18.3. The summed E-state index contributed by atoms with van der Waals surface area (Å²) < 4.78 is 13.2. The van der Waals surface area contributed by atoms with Crippen molar-refractivity contribution >= 4 is 17.0 Å². The van der Waals surface area contributed by atoms with Crippen molar-refractivity contribution in [2.45, 2.75) is 62.4 Å². The molecular weight excluding hydrogens is 342 g/mol. The van der Waals surface area contributed by atoms with Gasteiger partial charge in [-0.15, -0.1) is 0 Å². The van der Waals surface area contributed by atoms with Gasteiger partial charge in [-0.25, -0.2) is 15.0 Å². The molecule has 1 saturated heterocycles. The van der Waals surface area contributed by atoms with Gasteiger partial charge in [-0.05, 0) is 25.7 Å². The monoisotopic (exact) mass is 365 g/mol. The Morgan fingerprint density at radius 1 is 1.12 bits per heavy atom. The van der Waals surface area contributed by atoms with Crippen molar-refractivity contribution < 1.29 is 24.8 Å². The van der Waals surface area contributed by atoms with E-state index in [1.165, 1.54) is 17.2 Å². The molecule has 26 heavy (non-hydrogen) atoms. The largest absolute Gasteiger partial charge is 0.393 e. The second kappa shape index (κ2) is 7.05. The van der Waals surface area contributed by atoms with Gasteiger partial charge in [-0.2, -0.15) is 0 Å². The smallest absolute Gasteiger partial charge is 0.167 e. The molecular formula is C16H23N5O5. The summed E-state index contributed by atoms with van der Waals surface area (Å²) in [7, 11) is 0. The lowest BCUT2D eigenvalue weighted by Crippen LogP contribution is -2.35. The molecule has 4 rings (SSSR count). The van der Waals surface area contributed by atoms with Crippen LogP contribution in [-0.4, -0.2) is 72.0 Å². The molecule has 1 saturated carbocycles. The molecule has 142 valence electrons. The summed E-state index contributed by atoms with van der Waals surface area (Å²) in [6.07, 6.45) is 1.79. The Balaban J connectivity index is 1.45. The van der Waals surface area contributed by atoms with Crippen molar-refractivity contribution in [1.29, 1.82) is 0 Å². The molecule has 0 amide bonds. The molecule has 0 spiro atoms. The standard InChI is InChI=1S/C16H23N5O5/c17-14-11-15(19-6-18-14)21(7-20-11)16-13(24)12(23)10(26-16)5-25-9-3-1-8(22)2-4-9/h6-10,12-13,16,22-24H,1-5H2,(H2,17,18,19)/t8-,9+,10-,12-,13-,16-/m1/s1. The Kier molecular flexibility index (Phi) is 4.76. The van der Waals surface area contributed by atoms with Crippen LogP contribution in [0.15, 0.2) is 12.7 Å². The van der Waals surface area contributed by atoms with Gasteiger partial charge in [0, 0.05) is 0 Å². The zero-order valence-electron chi connectivity index (χ0n) is 14.2. The lowest BCUT2D eigenvalue weighted by atomic mass is 9.95. The third kappa shape index (κ3) is 3.14. The molecule has 0 bridgehead atoms. The number of aliphatic hydroxyl groups excluding tert-OH is 3. The van der Waals surface area contributed by atoms with E-state index in [1.807, 2.05) is 0 Å². The second-order valence-corrected chi connectivity index (χ2v) is 6.89. The maximum atomic E-state index is 10.4. The highest BCUT2D eigenvalue weighted by atomic mass is 16.6. The summed E-state index contributed by atoms with van der Waals surface area (Å²) in [5.41, 5.74) is 6.62. The average Bonchev–Trinajstić information content (AvgIpc) is 3.18. The highest BCUT2D eigenvalue weighted by Gasteiger charge is 2.44. The van der Waals surface area contributed by atoms with Gasteiger partial charge in [0.1, 0.15) is 30.2 Å². The van der Waals surface area contributed by atoms with E-state index >= 15 is 0 Å². The van der Waals surface area contributed by atoms with E-state index in [9.17, 15) is 15.3 Å². The Hall–Kier alpha value is -1.85. The maximum Gasteiger partial charge on any atom is 0.167 e. The van der Waals surface area contributed by atoms with E-state index in [0.717, 1.165) is 12.8 Å². The molecule has 4 atom stereocenters. The molecule has 10 heteroatoms. The Labute approximate surface area is 149 Å². The summed E-state index contributed by atoms with van der Waals surface area (Å²) in [5.74, 6) is 0.237. The van der Waals surface area contributed by atoms with E-state index < -0.39 is 24.5 Å². The number of hydrogen-bond acceptors (Lipinski definition) is 9. The van der Waals surface area contributed by atoms with Gasteiger partial charge in [0.15, 0.2) is 17.7 Å². The number of nitrogen functional groups attached to an aromatic ring is 1. The number of anilines is 1. The van der Waals surface area contributed by atoms with Crippen molar-refractivity contribution in [2.75, 3.05) is 12.3 Å². The van der Waals surface area contributed by atoms with Crippen LogP contribution in [0.3, 0.4) is 0 Å². The summed E-state index contributed by atoms with van der Waals surface area (Å²) in [6, 6.07) is 0. The van der Waals surface area contributed by atoms with Crippen LogP contribution in [-0.2, 0) is 9.47 Å². The van der Waals surface area contributed by atoms with Crippen LogP contribution in [0.2, 0.25) is 0 Å². The summed E-state index contributed by atoms with van der Waals surface area (Å²) in [4.78, 5) is 12.2. The number of imidazole rings is 1.